The van der Waals surface area contributed by atoms with Crippen LogP contribution in [0.3, 0.4) is 0 Å². The topological polar surface area (TPSA) is 71.7 Å². The summed E-state index contributed by atoms with van der Waals surface area (Å²) in [5.74, 6) is 0.423. The molecule has 7 heteroatoms. The number of carbonyl (C=O) groups is 1. The number of nitrogens with zero attached hydrogens (tertiary/aromatic N) is 3. The maximum Gasteiger partial charge on any atom is 0.226 e. The van der Waals surface area contributed by atoms with Gasteiger partial charge in [-0.2, -0.15) is 0 Å². The molecule has 1 aromatic heterocycles. The van der Waals surface area contributed by atoms with Gasteiger partial charge < -0.3 is 20.3 Å². The molecule has 0 saturated carbocycles. The number of hydrogen-bond acceptors (Lipinski definition) is 6. The van der Waals surface area contributed by atoms with E-state index in [0.717, 1.165) is 70.7 Å². The Morgan fingerprint density at radius 3 is 2.70 bits per heavy atom. The first-order valence-corrected chi connectivity index (χ1v) is 11.8. The van der Waals surface area contributed by atoms with Crippen molar-refractivity contribution in [2.45, 2.75) is 31.1 Å². The number of rotatable bonds is 6. The molecule has 1 amide bonds. The number of ether oxygens (including phenoxy) is 1. The number of carbonyl (C=O) groups excluding carboxylic acids is 1. The third kappa shape index (κ3) is 4.38. The number of nitrogen functional groups attached to an aromatic ring is 1. The molecule has 3 heterocycles. The lowest BCUT2D eigenvalue weighted by Crippen LogP contribution is -2.50. The van der Waals surface area contributed by atoms with E-state index >= 15 is 0 Å². The van der Waals surface area contributed by atoms with Crippen molar-refractivity contribution in [1.29, 1.82) is 0 Å². The Balaban J connectivity index is 1.46. The van der Waals surface area contributed by atoms with Crippen molar-refractivity contribution in [3.63, 3.8) is 0 Å². The van der Waals surface area contributed by atoms with E-state index in [0.29, 0.717) is 11.0 Å². The van der Waals surface area contributed by atoms with Crippen molar-refractivity contribution in [1.82, 2.24) is 14.8 Å². The normalized spacial score (nSPS) is 22.2. The van der Waals surface area contributed by atoms with Crippen molar-refractivity contribution in [3.8, 4) is 0 Å². The van der Waals surface area contributed by atoms with Crippen LogP contribution in [-0.4, -0.2) is 67.1 Å². The molecule has 2 aliphatic heterocycles. The molecule has 2 fully saturated rings. The number of benzene rings is 1. The van der Waals surface area contributed by atoms with E-state index in [1.807, 2.05) is 6.07 Å². The maximum absolute atomic E-state index is 13.3. The quantitative estimate of drug-likeness (QED) is 0.766. The van der Waals surface area contributed by atoms with Gasteiger partial charge in [-0.05, 0) is 37.8 Å². The van der Waals surface area contributed by atoms with Crippen LogP contribution in [-0.2, 0) is 14.9 Å². The Hall–Kier alpha value is -1.96. The van der Waals surface area contributed by atoms with Crippen molar-refractivity contribution in [2.75, 3.05) is 52.2 Å². The molecule has 0 radical (unpaired) electrons. The molecule has 162 valence electrons. The molecule has 2 N–H and O–H groups in total. The number of nitrogens with two attached hydrogens (primary N) is 1. The summed E-state index contributed by atoms with van der Waals surface area (Å²) in [6.45, 7) is 5.07. The summed E-state index contributed by atoms with van der Waals surface area (Å²) >= 11 is 1.50. The highest BCUT2D eigenvalue weighted by atomic mass is 32.1. The zero-order valence-electron chi connectivity index (χ0n) is 17.8. The molecule has 0 aliphatic carbocycles. The third-order valence-corrected chi connectivity index (χ3v) is 7.41. The molecule has 2 saturated heterocycles. The van der Waals surface area contributed by atoms with E-state index in [2.05, 4.69) is 44.4 Å². The number of hydrogen-bond donors (Lipinski definition) is 1. The minimum atomic E-state index is -0.163. The fourth-order valence-corrected chi connectivity index (χ4v) is 5.67. The fraction of sp³-hybridized carbons (Fsp3) is 0.565. The van der Waals surface area contributed by atoms with E-state index in [1.54, 1.807) is 7.11 Å². The third-order valence-electron chi connectivity index (χ3n) is 6.73. The molecular formula is C23H32N4O2S. The van der Waals surface area contributed by atoms with E-state index in [4.69, 9.17) is 10.5 Å². The SMILES string of the molecule is COCCN1CCCC(C(=O)N2CCC(c3ccccc3)(c3csc(N)n3)CC2)C1. The van der Waals surface area contributed by atoms with Crippen LogP contribution in [0.5, 0.6) is 0 Å². The first-order valence-electron chi connectivity index (χ1n) is 10.9. The second kappa shape index (κ2) is 9.45. The zero-order valence-corrected chi connectivity index (χ0v) is 18.6. The number of aromatic nitrogens is 1. The van der Waals surface area contributed by atoms with Crippen molar-refractivity contribution < 1.29 is 9.53 Å². The molecule has 2 aromatic rings. The molecule has 0 bridgehead atoms. The van der Waals surface area contributed by atoms with Gasteiger partial charge in [-0.25, -0.2) is 4.98 Å². The smallest absolute Gasteiger partial charge is 0.226 e. The second-order valence-corrected chi connectivity index (χ2v) is 9.37. The summed E-state index contributed by atoms with van der Waals surface area (Å²) < 4.78 is 5.21. The number of amides is 1. The lowest BCUT2D eigenvalue weighted by atomic mass is 9.70. The first kappa shape index (κ1) is 21.3. The Bertz CT molecular complexity index is 833. The Labute approximate surface area is 183 Å². The van der Waals surface area contributed by atoms with E-state index in [9.17, 15) is 4.79 Å². The molecule has 0 spiro atoms. The van der Waals surface area contributed by atoms with Gasteiger partial charge in [0.2, 0.25) is 5.91 Å². The molecular weight excluding hydrogens is 396 g/mol. The molecule has 6 nitrogen and oxygen atoms in total. The molecule has 1 atom stereocenters. The van der Waals surface area contributed by atoms with Crippen LogP contribution in [0.4, 0.5) is 5.13 Å². The Morgan fingerprint density at radius 1 is 1.27 bits per heavy atom. The maximum atomic E-state index is 13.3. The number of likely N-dealkylation sites (tertiary alicyclic amines) is 2. The highest BCUT2D eigenvalue weighted by Gasteiger charge is 2.42. The van der Waals surface area contributed by atoms with Crippen LogP contribution >= 0.6 is 11.3 Å². The second-order valence-electron chi connectivity index (χ2n) is 8.48. The van der Waals surface area contributed by atoms with Crippen LogP contribution in [0.15, 0.2) is 35.7 Å². The fourth-order valence-electron chi connectivity index (χ4n) is 5.00. The largest absolute Gasteiger partial charge is 0.383 e. The number of anilines is 1. The summed E-state index contributed by atoms with van der Waals surface area (Å²) in [6.07, 6.45) is 3.84. The van der Waals surface area contributed by atoms with Gasteiger partial charge in [0, 0.05) is 44.1 Å². The molecule has 4 rings (SSSR count). The number of piperidine rings is 2. The van der Waals surface area contributed by atoms with E-state index in [-0.39, 0.29) is 11.3 Å². The zero-order chi connectivity index (χ0) is 21.0. The Morgan fingerprint density at radius 2 is 2.03 bits per heavy atom. The average molecular weight is 429 g/mol. The van der Waals surface area contributed by atoms with Gasteiger partial charge in [0.05, 0.1) is 18.2 Å². The van der Waals surface area contributed by atoms with Gasteiger partial charge in [-0.1, -0.05) is 30.3 Å². The summed E-state index contributed by atoms with van der Waals surface area (Å²) in [5, 5.41) is 2.70. The monoisotopic (exact) mass is 428 g/mol. The van der Waals surface area contributed by atoms with Crippen LogP contribution < -0.4 is 5.73 Å². The average Bonchev–Trinajstić information content (AvgIpc) is 3.25. The van der Waals surface area contributed by atoms with Crippen LogP contribution in [0.1, 0.15) is 36.9 Å². The van der Waals surface area contributed by atoms with Crippen LogP contribution in [0.25, 0.3) is 0 Å². The summed E-state index contributed by atoms with van der Waals surface area (Å²) in [6, 6.07) is 10.6. The predicted octanol–water partition coefficient (Wildman–Crippen LogP) is 2.99. The number of thiazole rings is 1. The highest BCUT2D eigenvalue weighted by Crippen LogP contribution is 2.42. The lowest BCUT2D eigenvalue weighted by Gasteiger charge is -2.43. The van der Waals surface area contributed by atoms with Gasteiger partial charge in [0.1, 0.15) is 0 Å². The van der Waals surface area contributed by atoms with Crippen LogP contribution in [0, 0.1) is 5.92 Å². The predicted molar refractivity (Wildman–Crippen MR) is 121 cm³/mol. The molecule has 1 unspecified atom stereocenters. The molecule has 1 aromatic carbocycles. The summed E-state index contributed by atoms with van der Waals surface area (Å²) in [4.78, 5) is 22.4. The van der Waals surface area contributed by atoms with Gasteiger partial charge in [0.25, 0.3) is 0 Å². The standard InChI is InChI=1S/C23H32N4O2S/c1-29-15-14-26-11-5-6-18(16-26)21(28)27-12-9-23(10-13-27,19-7-3-2-4-8-19)20-17-30-22(24)25-20/h2-4,7-8,17-18H,5-6,9-16H2,1H3,(H2,24,25). The summed E-state index contributed by atoms with van der Waals surface area (Å²) in [7, 11) is 1.73. The molecule has 2 aliphatic rings. The minimum absolute atomic E-state index is 0.106. The van der Waals surface area contributed by atoms with Crippen LogP contribution in [0.2, 0.25) is 0 Å². The van der Waals surface area contributed by atoms with Crippen molar-refractivity contribution >= 4 is 22.4 Å². The van der Waals surface area contributed by atoms with Crippen molar-refractivity contribution in [3.05, 3.63) is 47.0 Å². The lowest BCUT2D eigenvalue weighted by molar-refractivity contribution is -0.139. The minimum Gasteiger partial charge on any atom is -0.383 e. The first-order chi connectivity index (χ1) is 14.6. The van der Waals surface area contributed by atoms with Gasteiger partial charge in [-0.3, -0.25) is 4.79 Å². The number of methoxy groups -OCH3 is 1. The Kier molecular flexibility index (Phi) is 6.71. The van der Waals surface area contributed by atoms with E-state index < -0.39 is 0 Å². The van der Waals surface area contributed by atoms with Gasteiger partial charge >= 0.3 is 0 Å². The van der Waals surface area contributed by atoms with Crippen molar-refractivity contribution in [2.24, 2.45) is 5.92 Å². The van der Waals surface area contributed by atoms with Gasteiger partial charge in [0.15, 0.2) is 5.13 Å². The molecule has 30 heavy (non-hydrogen) atoms. The van der Waals surface area contributed by atoms with E-state index in [1.165, 1.54) is 16.9 Å². The highest BCUT2D eigenvalue weighted by molar-refractivity contribution is 7.13. The summed E-state index contributed by atoms with van der Waals surface area (Å²) in [5.41, 5.74) is 8.13. The van der Waals surface area contributed by atoms with Gasteiger partial charge in [-0.15, -0.1) is 11.3 Å².